The number of anilines is 1. The van der Waals surface area contributed by atoms with Crippen LogP contribution in [0.15, 0.2) is 0 Å². The van der Waals surface area contributed by atoms with E-state index in [9.17, 15) is 0 Å². The molecule has 1 heterocycles. The zero-order chi connectivity index (χ0) is 10.6. The first kappa shape index (κ1) is 10.9. The van der Waals surface area contributed by atoms with E-state index in [1.54, 1.807) is 0 Å². The summed E-state index contributed by atoms with van der Waals surface area (Å²) in [6, 6.07) is 2.37. The zero-order valence-corrected chi connectivity index (χ0v) is 9.08. The summed E-state index contributed by atoms with van der Waals surface area (Å²) in [5.74, 6) is 0. The first-order chi connectivity index (χ1) is 6.63. The van der Waals surface area contributed by atoms with Crippen molar-refractivity contribution in [1.82, 2.24) is 15.1 Å². The van der Waals surface area contributed by atoms with Gasteiger partial charge in [-0.1, -0.05) is 11.3 Å². The molecule has 0 amide bonds. The topological polar surface area (TPSA) is 78.8 Å². The molecule has 0 saturated carbocycles. The minimum Gasteiger partial charge on any atom is -0.374 e. The normalized spacial score (nSPS) is 12.7. The molecule has 0 bridgehead atoms. The maximum absolute atomic E-state index is 8.53. The van der Waals surface area contributed by atoms with Gasteiger partial charge < -0.3 is 5.73 Å². The summed E-state index contributed by atoms with van der Waals surface area (Å²) in [5.41, 5.74) is 5.46. The molecule has 1 atom stereocenters. The summed E-state index contributed by atoms with van der Waals surface area (Å²) in [6.45, 7) is 2.70. The molecule has 1 rings (SSSR count). The molecule has 1 unspecified atom stereocenters. The van der Waals surface area contributed by atoms with Crippen LogP contribution in [0.1, 0.15) is 18.4 Å². The van der Waals surface area contributed by atoms with E-state index in [0.717, 1.165) is 5.01 Å². The average molecular weight is 211 g/mol. The largest absolute Gasteiger partial charge is 0.374 e. The number of hydrogen-bond acceptors (Lipinski definition) is 6. The Hall–Kier alpha value is -1.19. The quantitative estimate of drug-likeness (QED) is 0.798. The van der Waals surface area contributed by atoms with Gasteiger partial charge in [0.05, 0.1) is 19.0 Å². The molecular weight excluding hydrogens is 198 g/mol. The third-order valence-corrected chi connectivity index (χ3v) is 2.74. The minimum atomic E-state index is 0.227. The number of aromatic nitrogens is 2. The molecule has 0 spiro atoms. The van der Waals surface area contributed by atoms with Crippen LogP contribution in [0.3, 0.4) is 0 Å². The van der Waals surface area contributed by atoms with Gasteiger partial charge in [0.2, 0.25) is 5.13 Å². The third kappa shape index (κ3) is 2.94. The molecule has 0 aromatic carbocycles. The summed E-state index contributed by atoms with van der Waals surface area (Å²) in [4.78, 5) is 2.06. The van der Waals surface area contributed by atoms with Crippen molar-refractivity contribution < 1.29 is 0 Å². The highest BCUT2D eigenvalue weighted by Crippen LogP contribution is 2.14. The van der Waals surface area contributed by atoms with E-state index >= 15 is 0 Å². The monoisotopic (exact) mass is 211 g/mol. The summed E-state index contributed by atoms with van der Waals surface area (Å²) in [7, 11) is 1.96. The van der Waals surface area contributed by atoms with Crippen molar-refractivity contribution in [3.05, 3.63) is 5.01 Å². The molecule has 0 saturated heterocycles. The van der Waals surface area contributed by atoms with Gasteiger partial charge in [0.25, 0.3) is 0 Å². The lowest BCUT2D eigenvalue weighted by Crippen LogP contribution is -2.28. The van der Waals surface area contributed by atoms with Gasteiger partial charge >= 0.3 is 0 Å². The van der Waals surface area contributed by atoms with E-state index in [2.05, 4.69) is 21.2 Å². The van der Waals surface area contributed by atoms with Crippen LogP contribution in [0.4, 0.5) is 5.13 Å². The van der Waals surface area contributed by atoms with Gasteiger partial charge in [-0.15, -0.1) is 10.2 Å². The first-order valence-corrected chi connectivity index (χ1v) is 5.10. The molecule has 0 aliphatic carbocycles. The summed E-state index contributed by atoms with van der Waals surface area (Å²) in [6.07, 6.45) is 0.519. The van der Waals surface area contributed by atoms with Gasteiger partial charge in [-0.3, -0.25) is 4.90 Å². The lowest BCUT2D eigenvalue weighted by Gasteiger charge is -2.20. The molecule has 14 heavy (non-hydrogen) atoms. The van der Waals surface area contributed by atoms with E-state index in [-0.39, 0.29) is 6.04 Å². The number of nitrogens with two attached hydrogens (primary N) is 1. The molecule has 1 aromatic rings. The van der Waals surface area contributed by atoms with Crippen LogP contribution < -0.4 is 5.73 Å². The van der Waals surface area contributed by atoms with Crippen LogP contribution in [0, 0.1) is 11.3 Å². The predicted octanol–water partition coefficient (Wildman–Crippen LogP) is 0.854. The fourth-order valence-electron chi connectivity index (χ4n) is 0.988. The summed E-state index contributed by atoms with van der Waals surface area (Å²) in [5, 5.41) is 17.6. The molecule has 0 fully saturated rings. The Morgan fingerprint density at radius 3 is 2.86 bits per heavy atom. The van der Waals surface area contributed by atoms with E-state index in [4.69, 9.17) is 11.0 Å². The van der Waals surface area contributed by atoms with Crippen LogP contribution in [0.5, 0.6) is 0 Å². The smallest absolute Gasteiger partial charge is 0.203 e. The molecule has 0 radical (unpaired) electrons. The number of nitriles is 1. The summed E-state index contributed by atoms with van der Waals surface area (Å²) >= 11 is 1.38. The molecule has 76 valence electrons. The number of hydrogen-bond donors (Lipinski definition) is 1. The molecule has 5 nitrogen and oxygen atoms in total. The Labute approximate surface area is 87.2 Å². The average Bonchev–Trinajstić information content (AvgIpc) is 2.51. The molecule has 0 aliphatic rings. The molecule has 0 aliphatic heterocycles. The first-order valence-electron chi connectivity index (χ1n) is 4.28. The lowest BCUT2D eigenvalue weighted by atomic mass is 10.2. The second kappa shape index (κ2) is 4.88. The standard InChI is InChI=1S/C8H13N5S/c1-6(3-4-9)13(2)5-7-11-12-8(10)14-7/h6H,3,5H2,1-2H3,(H2,10,12). The van der Waals surface area contributed by atoms with Crippen molar-refractivity contribution >= 4 is 16.5 Å². The van der Waals surface area contributed by atoms with E-state index in [1.165, 1.54) is 11.3 Å². The van der Waals surface area contributed by atoms with Crippen LogP contribution in [0.25, 0.3) is 0 Å². The highest BCUT2D eigenvalue weighted by molar-refractivity contribution is 7.15. The van der Waals surface area contributed by atoms with Crippen LogP contribution >= 0.6 is 11.3 Å². The highest BCUT2D eigenvalue weighted by Gasteiger charge is 2.11. The Morgan fingerprint density at radius 2 is 2.36 bits per heavy atom. The Morgan fingerprint density at radius 1 is 1.64 bits per heavy atom. The van der Waals surface area contributed by atoms with Gasteiger partial charge in [0.15, 0.2) is 0 Å². The zero-order valence-electron chi connectivity index (χ0n) is 8.27. The van der Waals surface area contributed by atoms with Crippen LogP contribution in [-0.2, 0) is 6.54 Å². The second-order valence-corrected chi connectivity index (χ2v) is 4.25. The van der Waals surface area contributed by atoms with Gasteiger partial charge in [0, 0.05) is 6.04 Å². The highest BCUT2D eigenvalue weighted by atomic mass is 32.1. The fourth-order valence-corrected chi connectivity index (χ4v) is 1.66. The Kier molecular flexibility index (Phi) is 3.80. The van der Waals surface area contributed by atoms with Crippen molar-refractivity contribution in [2.45, 2.75) is 25.9 Å². The molecular formula is C8H13N5S. The number of nitrogen functional groups attached to an aromatic ring is 1. The maximum atomic E-state index is 8.53. The Bertz CT molecular complexity index is 329. The van der Waals surface area contributed by atoms with Crippen molar-refractivity contribution in [2.24, 2.45) is 0 Å². The molecule has 1 aromatic heterocycles. The maximum Gasteiger partial charge on any atom is 0.203 e. The number of rotatable bonds is 4. The Balaban J connectivity index is 2.49. The van der Waals surface area contributed by atoms with Gasteiger partial charge in [-0.25, -0.2) is 0 Å². The van der Waals surface area contributed by atoms with Gasteiger partial charge in [0.1, 0.15) is 5.01 Å². The van der Waals surface area contributed by atoms with Crippen molar-refractivity contribution in [2.75, 3.05) is 12.8 Å². The second-order valence-electron chi connectivity index (χ2n) is 3.16. The molecule has 6 heteroatoms. The third-order valence-electron chi connectivity index (χ3n) is 2.01. The van der Waals surface area contributed by atoms with E-state index in [0.29, 0.717) is 18.1 Å². The van der Waals surface area contributed by atoms with Gasteiger partial charge in [-0.05, 0) is 14.0 Å². The van der Waals surface area contributed by atoms with Gasteiger partial charge in [-0.2, -0.15) is 5.26 Å². The minimum absolute atomic E-state index is 0.227. The van der Waals surface area contributed by atoms with Crippen molar-refractivity contribution in [1.29, 1.82) is 5.26 Å². The van der Waals surface area contributed by atoms with E-state index in [1.807, 2.05) is 14.0 Å². The van der Waals surface area contributed by atoms with Crippen LogP contribution in [0.2, 0.25) is 0 Å². The SMILES string of the molecule is CC(CC#N)N(C)Cc1nnc(N)s1. The fraction of sp³-hybridized carbons (Fsp3) is 0.625. The lowest BCUT2D eigenvalue weighted by molar-refractivity contribution is 0.251. The predicted molar refractivity (Wildman–Crippen MR) is 55.5 cm³/mol. The molecule has 2 N–H and O–H groups in total. The van der Waals surface area contributed by atoms with Crippen molar-refractivity contribution in [3.8, 4) is 6.07 Å². The summed E-state index contributed by atoms with van der Waals surface area (Å²) < 4.78 is 0. The number of nitrogens with zero attached hydrogens (tertiary/aromatic N) is 4. The van der Waals surface area contributed by atoms with Crippen LogP contribution in [-0.4, -0.2) is 28.2 Å². The van der Waals surface area contributed by atoms with E-state index < -0.39 is 0 Å². The van der Waals surface area contributed by atoms with Crippen molar-refractivity contribution in [3.63, 3.8) is 0 Å².